The van der Waals surface area contributed by atoms with Crippen LogP contribution in [-0.2, 0) is 4.74 Å². The van der Waals surface area contributed by atoms with E-state index in [2.05, 4.69) is 25.3 Å². The zero-order chi connectivity index (χ0) is 15.2. The fourth-order valence-corrected chi connectivity index (χ4v) is 1.29. The van der Waals surface area contributed by atoms with Crippen LogP contribution < -0.4 is 10.6 Å². The Morgan fingerprint density at radius 2 is 2.05 bits per heavy atom. The summed E-state index contributed by atoms with van der Waals surface area (Å²) in [6.45, 7) is -1.70. The fraction of sp³-hybridized carbons (Fsp3) is 0.556. The van der Waals surface area contributed by atoms with Crippen LogP contribution in [0.2, 0.25) is 0 Å². The molecule has 8 nitrogen and oxygen atoms in total. The highest BCUT2D eigenvalue weighted by Gasteiger charge is 2.27. The molecular weight excluding hydrogens is 283 g/mol. The van der Waals surface area contributed by atoms with Crippen molar-refractivity contribution in [3.8, 4) is 0 Å². The van der Waals surface area contributed by atoms with E-state index in [1.165, 1.54) is 7.05 Å². The van der Waals surface area contributed by atoms with E-state index in [1.54, 1.807) is 0 Å². The molecular formula is C9H12F3N5O3. The summed E-state index contributed by atoms with van der Waals surface area (Å²) >= 11 is 0. The van der Waals surface area contributed by atoms with E-state index in [0.29, 0.717) is 0 Å². The van der Waals surface area contributed by atoms with Crippen LogP contribution in [0.4, 0.5) is 30.5 Å². The van der Waals surface area contributed by atoms with Gasteiger partial charge in [0.25, 0.3) is 0 Å². The SMILES string of the molecule is CNc1ncnc(NCCOCC(F)(F)F)c1[N+](=O)[O-]. The lowest BCUT2D eigenvalue weighted by Crippen LogP contribution is -2.20. The van der Waals surface area contributed by atoms with E-state index < -0.39 is 17.7 Å². The van der Waals surface area contributed by atoms with E-state index in [4.69, 9.17) is 0 Å². The highest BCUT2D eigenvalue weighted by Crippen LogP contribution is 2.27. The van der Waals surface area contributed by atoms with Gasteiger partial charge in [0, 0.05) is 13.6 Å². The molecule has 0 aliphatic carbocycles. The third-order valence-corrected chi connectivity index (χ3v) is 2.05. The van der Waals surface area contributed by atoms with Crippen molar-refractivity contribution in [2.45, 2.75) is 6.18 Å². The minimum absolute atomic E-state index is 0.00344. The highest BCUT2D eigenvalue weighted by molar-refractivity contribution is 5.68. The van der Waals surface area contributed by atoms with Crippen LogP contribution in [0.25, 0.3) is 0 Å². The van der Waals surface area contributed by atoms with Crippen LogP contribution in [-0.4, -0.2) is 47.9 Å². The molecule has 0 amide bonds. The molecule has 1 rings (SSSR count). The van der Waals surface area contributed by atoms with Gasteiger partial charge in [0.1, 0.15) is 12.9 Å². The molecule has 0 aliphatic heterocycles. The largest absolute Gasteiger partial charge is 0.411 e. The zero-order valence-electron chi connectivity index (χ0n) is 10.4. The third kappa shape index (κ3) is 4.84. The standard InChI is InChI=1S/C9H12F3N5O3/c1-13-7-6(17(18)19)8(16-5-15-7)14-2-3-20-4-9(10,11)12/h5H,2-4H2,1H3,(H2,13,14,15,16). The minimum atomic E-state index is -4.40. The second-order valence-corrected chi connectivity index (χ2v) is 3.52. The second kappa shape index (κ2) is 6.84. The topological polar surface area (TPSA) is 102 Å². The number of aromatic nitrogens is 2. The molecule has 0 fully saturated rings. The van der Waals surface area contributed by atoms with Crippen LogP contribution in [0.1, 0.15) is 0 Å². The van der Waals surface area contributed by atoms with Crippen molar-refractivity contribution in [1.29, 1.82) is 0 Å². The minimum Gasteiger partial charge on any atom is -0.370 e. The molecule has 0 aromatic carbocycles. The van der Waals surface area contributed by atoms with Gasteiger partial charge in [-0.15, -0.1) is 0 Å². The van der Waals surface area contributed by atoms with Crippen molar-refractivity contribution in [1.82, 2.24) is 9.97 Å². The van der Waals surface area contributed by atoms with Crippen molar-refractivity contribution < 1.29 is 22.8 Å². The molecule has 0 bridgehead atoms. The molecule has 0 radical (unpaired) electrons. The number of ether oxygens (including phenoxy) is 1. The summed E-state index contributed by atoms with van der Waals surface area (Å²) in [5, 5.41) is 15.9. The first-order valence-corrected chi connectivity index (χ1v) is 5.40. The molecule has 2 N–H and O–H groups in total. The van der Waals surface area contributed by atoms with E-state index in [9.17, 15) is 23.3 Å². The zero-order valence-corrected chi connectivity index (χ0v) is 10.4. The number of nitro groups is 1. The van der Waals surface area contributed by atoms with Gasteiger partial charge in [-0.3, -0.25) is 10.1 Å². The van der Waals surface area contributed by atoms with Crippen molar-refractivity contribution in [3.05, 3.63) is 16.4 Å². The molecule has 0 saturated heterocycles. The van der Waals surface area contributed by atoms with E-state index >= 15 is 0 Å². The highest BCUT2D eigenvalue weighted by atomic mass is 19.4. The van der Waals surface area contributed by atoms with Crippen molar-refractivity contribution in [3.63, 3.8) is 0 Å². The number of anilines is 2. The predicted molar refractivity (Wildman–Crippen MR) is 63.6 cm³/mol. The summed E-state index contributed by atoms with van der Waals surface area (Å²) < 4.78 is 39.8. The number of rotatable bonds is 7. The molecule has 112 valence electrons. The Morgan fingerprint density at radius 1 is 1.40 bits per heavy atom. The van der Waals surface area contributed by atoms with Gasteiger partial charge in [-0.2, -0.15) is 13.2 Å². The van der Waals surface area contributed by atoms with Gasteiger partial charge in [-0.25, -0.2) is 9.97 Å². The molecule has 1 aromatic rings. The van der Waals surface area contributed by atoms with Crippen LogP contribution >= 0.6 is 0 Å². The Morgan fingerprint density at radius 3 is 2.60 bits per heavy atom. The summed E-state index contributed by atoms with van der Waals surface area (Å²) in [5.74, 6) is -0.0892. The Labute approximate surface area is 111 Å². The fourth-order valence-electron chi connectivity index (χ4n) is 1.29. The lowest BCUT2D eigenvalue weighted by atomic mass is 10.4. The van der Waals surface area contributed by atoms with E-state index in [1.807, 2.05) is 0 Å². The van der Waals surface area contributed by atoms with Gasteiger partial charge >= 0.3 is 11.9 Å². The molecule has 1 heterocycles. The Hall–Kier alpha value is -2.17. The molecule has 0 unspecified atom stereocenters. The number of hydrogen-bond donors (Lipinski definition) is 2. The number of hydrogen-bond acceptors (Lipinski definition) is 7. The van der Waals surface area contributed by atoms with E-state index in [-0.39, 0.29) is 30.5 Å². The van der Waals surface area contributed by atoms with Crippen LogP contribution in [0.3, 0.4) is 0 Å². The number of halogens is 3. The first-order chi connectivity index (χ1) is 9.35. The molecule has 20 heavy (non-hydrogen) atoms. The smallest absolute Gasteiger partial charge is 0.370 e. The first-order valence-electron chi connectivity index (χ1n) is 5.40. The lowest BCUT2D eigenvalue weighted by Gasteiger charge is -2.09. The maximum absolute atomic E-state index is 11.8. The summed E-state index contributed by atoms with van der Waals surface area (Å²) in [6.07, 6.45) is -3.31. The summed E-state index contributed by atoms with van der Waals surface area (Å²) in [6, 6.07) is 0. The second-order valence-electron chi connectivity index (χ2n) is 3.52. The van der Waals surface area contributed by atoms with Gasteiger partial charge in [0.2, 0.25) is 11.6 Å². The average Bonchev–Trinajstić information content (AvgIpc) is 2.36. The maximum Gasteiger partial charge on any atom is 0.411 e. The lowest BCUT2D eigenvalue weighted by molar-refractivity contribution is -0.383. The number of alkyl halides is 3. The maximum atomic E-state index is 11.8. The van der Waals surface area contributed by atoms with Gasteiger partial charge in [0.05, 0.1) is 11.5 Å². The Balaban J connectivity index is 2.58. The third-order valence-electron chi connectivity index (χ3n) is 2.05. The Bertz CT molecular complexity index is 469. The van der Waals surface area contributed by atoms with Crippen LogP contribution in [0, 0.1) is 10.1 Å². The summed E-state index contributed by atoms with van der Waals surface area (Å²) in [4.78, 5) is 17.5. The van der Waals surface area contributed by atoms with Gasteiger partial charge < -0.3 is 15.4 Å². The van der Waals surface area contributed by atoms with Crippen molar-refractivity contribution in [2.24, 2.45) is 0 Å². The Kier molecular flexibility index (Phi) is 5.43. The van der Waals surface area contributed by atoms with Crippen molar-refractivity contribution in [2.75, 3.05) is 37.4 Å². The molecule has 0 spiro atoms. The molecule has 11 heteroatoms. The van der Waals surface area contributed by atoms with Crippen LogP contribution in [0.5, 0.6) is 0 Å². The molecule has 0 atom stereocenters. The quantitative estimate of drug-likeness (QED) is 0.445. The monoisotopic (exact) mass is 295 g/mol. The predicted octanol–water partition coefficient (Wildman–Crippen LogP) is 1.42. The molecule has 1 aromatic heterocycles. The van der Waals surface area contributed by atoms with E-state index in [0.717, 1.165) is 6.33 Å². The average molecular weight is 295 g/mol. The molecule has 0 saturated carbocycles. The van der Waals surface area contributed by atoms with Gasteiger partial charge in [-0.05, 0) is 0 Å². The first kappa shape index (κ1) is 15.9. The number of nitrogens with one attached hydrogen (secondary N) is 2. The summed E-state index contributed by atoms with van der Waals surface area (Å²) in [5.41, 5.74) is -0.383. The van der Waals surface area contributed by atoms with Gasteiger partial charge in [-0.1, -0.05) is 0 Å². The molecule has 0 aliphatic rings. The summed E-state index contributed by atoms with van der Waals surface area (Å²) in [7, 11) is 1.45. The van der Waals surface area contributed by atoms with Crippen molar-refractivity contribution >= 4 is 17.3 Å². The normalized spacial score (nSPS) is 11.2. The number of nitrogens with zero attached hydrogens (tertiary/aromatic N) is 3. The van der Waals surface area contributed by atoms with Crippen LogP contribution in [0.15, 0.2) is 6.33 Å². The van der Waals surface area contributed by atoms with Gasteiger partial charge in [0.15, 0.2) is 0 Å².